The Hall–Kier alpha value is -3.31. The van der Waals surface area contributed by atoms with Gasteiger partial charge in [0.2, 0.25) is 0 Å². The number of benzene rings is 3. The van der Waals surface area contributed by atoms with Gasteiger partial charge in [0.15, 0.2) is 0 Å². The van der Waals surface area contributed by atoms with E-state index in [0.717, 1.165) is 27.7 Å². The first-order valence-electron chi connectivity index (χ1n) is 9.48. The minimum atomic E-state index is -0.300. The number of halogens is 1. The van der Waals surface area contributed by atoms with E-state index < -0.39 is 0 Å². The second-order valence-electron chi connectivity index (χ2n) is 7.07. The number of rotatable bonds is 3. The van der Waals surface area contributed by atoms with Gasteiger partial charge in [0.25, 0.3) is 0 Å². The number of aromatic amines is 1. The van der Waals surface area contributed by atoms with Crippen molar-refractivity contribution in [3.05, 3.63) is 102 Å². The summed E-state index contributed by atoms with van der Waals surface area (Å²) in [5, 5.41) is 4.49. The number of aliphatic imine (C=N–C) groups is 1. The first kappa shape index (κ1) is 17.8. The van der Waals surface area contributed by atoms with Crippen LogP contribution in [-0.4, -0.2) is 21.7 Å². The molecule has 0 radical (unpaired) electrons. The van der Waals surface area contributed by atoms with E-state index in [0.29, 0.717) is 22.7 Å². The lowest BCUT2D eigenvalue weighted by Crippen LogP contribution is -2.25. The summed E-state index contributed by atoms with van der Waals surface area (Å²) >= 11 is 5.70. The highest BCUT2D eigenvalue weighted by Gasteiger charge is 2.25. The molecule has 4 aromatic rings. The van der Waals surface area contributed by atoms with Crippen molar-refractivity contribution in [1.29, 1.82) is 0 Å². The molecule has 0 fully saturated rings. The molecule has 5 rings (SSSR count). The van der Waals surface area contributed by atoms with Crippen LogP contribution in [0.3, 0.4) is 0 Å². The number of para-hydroxylation sites is 2. The second-order valence-corrected chi connectivity index (χ2v) is 7.51. The summed E-state index contributed by atoms with van der Waals surface area (Å²) in [6, 6.07) is 22.4. The van der Waals surface area contributed by atoms with Crippen molar-refractivity contribution in [2.75, 3.05) is 5.32 Å². The first-order valence-corrected chi connectivity index (χ1v) is 9.89. The maximum absolute atomic E-state index is 14.7. The Labute approximate surface area is 173 Å². The van der Waals surface area contributed by atoms with Gasteiger partial charge in [0, 0.05) is 40.3 Å². The predicted molar refractivity (Wildman–Crippen MR) is 120 cm³/mol. The van der Waals surface area contributed by atoms with Gasteiger partial charge < -0.3 is 10.3 Å². The van der Waals surface area contributed by atoms with E-state index in [1.807, 2.05) is 54.7 Å². The molecule has 1 unspecified atom stereocenters. The molecule has 3 nitrogen and oxygen atoms in total. The van der Waals surface area contributed by atoms with Crippen LogP contribution in [0.15, 0.2) is 84.0 Å². The minimum Gasteiger partial charge on any atom is -0.361 e. The molecule has 0 amide bonds. The average molecular weight is 399 g/mol. The van der Waals surface area contributed by atoms with Crippen LogP contribution in [0, 0.1) is 5.82 Å². The van der Waals surface area contributed by atoms with E-state index in [9.17, 15) is 4.39 Å². The number of thiocarbonyl (C=S) groups is 1. The summed E-state index contributed by atoms with van der Waals surface area (Å²) in [5.41, 5.74) is 5.02. The Morgan fingerprint density at radius 3 is 2.48 bits per heavy atom. The van der Waals surface area contributed by atoms with Gasteiger partial charge in [0.05, 0.1) is 5.71 Å². The van der Waals surface area contributed by atoms with Gasteiger partial charge in [-0.25, -0.2) is 4.39 Å². The molecule has 29 heavy (non-hydrogen) atoms. The van der Waals surface area contributed by atoms with Crippen LogP contribution in [0.5, 0.6) is 0 Å². The second kappa shape index (κ2) is 7.26. The van der Waals surface area contributed by atoms with E-state index in [4.69, 9.17) is 17.2 Å². The fraction of sp³-hybridized carbons (Fsp3) is 0.0833. The van der Waals surface area contributed by atoms with Crippen molar-refractivity contribution in [3.63, 3.8) is 0 Å². The largest absolute Gasteiger partial charge is 0.361 e. The van der Waals surface area contributed by atoms with Crippen LogP contribution >= 0.6 is 12.2 Å². The molecule has 1 aromatic heterocycles. The molecule has 5 heteroatoms. The summed E-state index contributed by atoms with van der Waals surface area (Å²) in [4.78, 5) is 8.91. The zero-order chi connectivity index (χ0) is 19.8. The standard InChI is InChI=1S/C24H18FN3S/c25-19-10-4-1-8-17(19)23-18-9-3-6-12-21(18)28-24(29)22(27-23)13-15-14-26-20-11-5-2-7-16(15)20/h1-12,14,22,26H,13H2,(H,28,29). The smallest absolute Gasteiger partial charge is 0.132 e. The SMILES string of the molecule is Fc1ccccc1C1=NC(Cc2c[nH]c3ccccc23)C(=S)Nc2ccccc21. The lowest BCUT2D eigenvalue weighted by Gasteiger charge is -2.13. The quantitative estimate of drug-likeness (QED) is 0.446. The molecule has 0 saturated carbocycles. The number of fused-ring (bicyclic) bond motifs is 2. The van der Waals surface area contributed by atoms with Gasteiger partial charge in [-0.05, 0) is 29.8 Å². The molecule has 1 aliphatic heterocycles. The normalized spacial score (nSPS) is 16.1. The number of hydrogen-bond acceptors (Lipinski definition) is 2. The van der Waals surface area contributed by atoms with Gasteiger partial charge in [-0.15, -0.1) is 0 Å². The molecule has 2 heterocycles. The number of benzodiazepines with no additional fused rings is 1. The third-order valence-corrected chi connectivity index (χ3v) is 5.62. The number of H-pyrrole nitrogens is 1. The molecule has 0 spiro atoms. The third kappa shape index (κ3) is 3.23. The maximum atomic E-state index is 14.7. The molecule has 3 aromatic carbocycles. The monoisotopic (exact) mass is 399 g/mol. The average Bonchev–Trinajstić information content (AvgIpc) is 3.09. The Kier molecular flexibility index (Phi) is 4.45. The van der Waals surface area contributed by atoms with Crippen LogP contribution < -0.4 is 5.32 Å². The van der Waals surface area contributed by atoms with Crippen LogP contribution in [0.1, 0.15) is 16.7 Å². The first-order chi connectivity index (χ1) is 14.2. The van der Waals surface area contributed by atoms with E-state index in [1.54, 1.807) is 12.1 Å². The molecule has 142 valence electrons. The molecule has 1 aliphatic rings. The van der Waals surface area contributed by atoms with E-state index in [-0.39, 0.29) is 11.9 Å². The molecule has 0 saturated heterocycles. The highest BCUT2D eigenvalue weighted by atomic mass is 32.1. The lowest BCUT2D eigenvalue weighted by atomic mass is 10.00. The van der Waals surface area contributed by atoms with E-state index in [2.05, 4.69) is 16.4 Å². The fourth-order valence-electron chi connectivity index (χ4n) is 3.81. The zero-order valence-corrected chi connectivity index (χ0v) is 16.3. The summed E-state index contributed by atoms with van der Waals surface area (Å²) < 4.78 is 14.7. The van der Waals surface area contributed by atoms with Crippen LogP contribution in [0.2, 0.25) is 0 Å². The van der Waals surface area contributed by atoms with Crippen molar-refractivity contribution in [2.45, 2.75) is 12.5 Å². The van der Waals surface area contributed by atoms with Gasteiger partial charge in [-0.2, -0.15) is 0 Å². The van der Waals surface area contributed by atoms with E-state index in [1.165, 1.54) is 6.07 Å². The summed E-state index contributed by atoms with van der Waals surface area (Å²) in [7, 11) is 0. The van der Waals surface area contributed by atoms with Gasteiger partial charge in [0.1, 0.15) is 16.8 Å². The van der Waals surface area contributed by atoms with Crippen LogP contribution in [0.4, 0.5) is 10.1 Å². The lowest BCUT2D eigenvalue weighted by molar-refractivity contribution is 0.625. The predicted octanol–water partition coefficient (Wildman–Crippen LogP) is 5.51. The Bertz CT molecular complexity index is 1260. The Balaban J connectivity index is 1.63. The summed E-state index contributed by atoms with van der Waals surface area (Å²) in [6.45, 7) is 0. The van der Waals surface area contributed by atoms with Gasteiger partial charge >= 0.3 is 0 Å². The highest BCUT2D eigenvalue weighted by Crippen LogP contribution is 2.28. The van der Waals surface area contributed by atoms with Crippen LogP contribution in [-0.2, 0) is 6.42 Å². The summed E-state index contributed by atoms with van der Waals surface area (Å²) in [6.07, 6.45) is 2.63. The van der Waals surface area contributed by atoms with Crippen LogP contribution in [0.25, 0.3) is 10.9 Å². The minimum absolute atomic E-state index is 0.292. The topological polar surface area (TPSA) is 40.2 Å². The highest BCUT2D eigenvalue weighted by molar-refractivity contribution is 7.80. The van der Waals surface area contributed by atoms with Crippen molar-refractivity contribution in [2.24, 2.45) is 4.99 Å². The van der Waals surface area contributed by atoms with Crippen molar-refractivity contribution in [1.82, 2.24) is 4.98 Å². The third-order valence-electron chi connectivity index (χ3n) is 5.24. The molecule has 1 atom stereocenters. The number of nitrogens with one attached hydrogen (secondary N) is 2. The molecular weight excluding hydrogens is 381 g/mol. The number of nitrogens with zero attached hydrogens (tertiary/aromatic N) is 1. The molecular formula is C24H18FN3S. The zero-order valence-electron chi connectivity index (χ0n) is 15.5. The Morgan fingerprint density at radius 1 is 0.897 bits per heavy atom. The number of aromatic nitrogens is 1. The molecule has 0 bridgehead atoms. The van der Waals surface area contributed by atoms with Gasteiger partial charge in [-0.3, -0.25) is 4.99 Å². The molecule has 2 N–H and O–H groups in total. The van der Waals surface area contributed by atoms with Crippen molar-refractivity contribution < 1.29 is 4.39 Å². The number of hydrogen-bond donors (Lipinski definition) is 2. The Morgan fingerprint density at radius 2 is 1.62 bits per heavy atom. The molecule has 0 aliphatic carbocycles. The fourth-order valence-corrected chi connectivity index (χ4v) is 4.06. The number of anilines is 1. The van der Waals surface area contributed by atoms with Crippen molar-refractivity contribution in [3.8, 4) is 0 Å². The van der Waals surface area contributed by atoms with Crippen molar-refractivity contribution >= 4 is 39.5 Å². The van der Waals surface area contributed by atoms with E-state index >= 15 is 0 Å². The maximum Gasteiger partial charge on any atom is 0.132 e. The summed E-state index contributed by atoms with van der Waals surface area (Å²) in [5.74, 6) is -0.292. The van der Waals surface area contributed by atoms with Gasteiger partial charge in [-0.1, -0.05) is 60.7 Å².